The molecule has 2 rings (SSSR count). The second-order valence-corrected chi connectivity index (χ2v) is 5.44. The zero-order chi connectivity index (χ0) is 11.5. The molecule has 1 unspecified atom stereocenters. The van der Waals surface area contributed by atoms with E-state index in [9.17, 15) is 4.79 Å². The van der Waals surface area contributed by atoms with E-state index in [4.69, 9.17) is 11.6 Å². The van der Waals surface area contributed by atoms with Crippen molar-refractivity contribution in [3.05, 3.63) is 29.3 Å². The standard InChI is InChI=1S/C11H11ClN2OS/c1-7-6-10(15)14-11(16-7)13-9-4-2-8(12)3-5-9/h2-5,7H,6H2,1H3,(H,13,14,15). The number of hydrogen-bond acceptors (Lipinski definition) is 3. The van der Waals surface area contributed by atoms with Crippen LogP contribution in [0.15, 0.2) is 29.3 Å². The number of thioether (sulfide) groups is 1. The Morgan fingerprint density at radius 1 is 1.44 bits per heavy atom. The Labute approximate surface area is 103 Å². The fourth-order valence-corrected chi connectivity index (χ4v) is 2.45. The van der Waals surface area contributed by atoms with Gasteiger partial charge in [-0.2, -0.15) is 0 Å². The van der Waals surface area contributed by atoms with E-state index in [-0.39, 0.29) is 11.2 Å². The van der Waals surface area contributed by atoms with Gasteiger partial charge < -0.3 is 5.32 Å². The van der Waals surface area contributed by atoms with Crippen molar-refractivity contribution in [3.8, 4) is 0 Å². The number of amidine groups is 1. The van der Waals surface area contributed by atoms with Crippen molar-refractivity contribution in [2.45, 2.75) is 18.6 Å². The fourth-order valence-electron chi connectivity index (χ4n) is 1.38. The molecule has 1 aliphatic rings. The number of carbonyl (C=O) groups is 1. The molecule has 0 aromatic heterocycles. The molecular weight excluding hydrogens is 244 g/mol. The van der Waals surface area contributed by atoms with E-state index in [1.54, 1.807) is 23.9 Å². The number of nitrogens with one attached hydrogen (secondary N) is 1. The van der Waals surface area contributed by atoms with E-state index >= 15 is 0 Å². The van der Waals surface area contributed by atoms with Crippen molar-refractivity contribution in [2.24, 2.45) is 4.99 Å². The maximum absolute atomic E-state index is 11.3. The van der Waals surface area contributed by atoms with Crippen LogP contribution in [0, 0.1) is 0 Å². The minimum absolute atomic E-state index is 0.0268. The first-order valence-corrected chi connectivity index (χ1v) is 6.20. The molecule has 1 amide bonds. The van der Waals surface area contributed by atoms with Crippen molar-refractivity contribution in [2.75, 3.05) is 0 Å². The highest BCUT2D eigenvalue weighted by Gasteiger charge is 2.20. The molecule has 1 N–H and O–H groups in total. The summed E-state index contributed by atoms with van der Waals surface area (Å²) < 4.78 is 0. The van der Waals surface area contributed by atoms with Gasteiger partial charge in [0.2, 0.25) is 5.91 Å². The maximum atomic E-state index is 11.3. The number of rotatable bonds is 1. The van der Waals surface area contributed by atoms with Crippen LogP contribution in [-0.4, -0.2) is 16.3 Å². The Hall–Kier alpha value is -1.000. The van der Waals surface area contributed by atoms with Crippen molar-refractivity contribution >= 4 is 40.1 Å². The van der Waals surface area contributed by atoms with Crippen LogP contribution in [0.2, 0.25) is 5.02 Å². The van der Waals surface area contributed by atoms with Crippen molar-refractivity contribution in [3.63, 3.8) is 0 Å². The summed E-state index contributed by atoms with van der Waals surface area (Å²) in [5, 5.41) is 4.37. The van der Waals surface area contributed by atoms with E-state index in [0.717, 1.165) is 5.69 Å². The number of hydrogen-bond donors (Lipinski definition) is 1. The van der Waals surface area contributed by atoms with Gasteiger partial charge in [-0.3, -0.25) is 4.79 Å². The third kappa shape index (κ3) is 3.00. The third-order valence-corrected chi connectivity index (χ3v) is 3.33. The number of benzene rings is 1. The van der Waals surface area contributed by atoms with Gasteiger partial charge in [-0.15, -0.1) is 0 Å². The minimum Gasteiger partial charge on any atom is -0.305 e. The van der Waals surface area contributed by atoms with Crippen LogP contribution in [0.1, 0.15) is 13.3 Å². The quantitative estimate of drug-likeness (QED) is 0.837. The Balaban J connectivity index is 2.17. The van der Waals surface area contributed by atoms with Crippen molar-refractivity contribution in [1.29, 1.82) is 0 Å². The molecule has 84 valence electrons. The Morgan fingerprint density at radius 2 is 2.12 bits per heavy atom. The van der Waals surface area contributed by atoms with Gasteiger partial charge in [-0.05, 0) is 24.3 Å². The molecule has 5 heteroatoms. The molecule has 1 heterocycles. The van der Waals surface area contributed by atoms with Gasteiger partial charge in [0.25, 0.3) is 0 Å². The molecule has 1 atom stereocenters. The number of nitrogens with zero attached hydrogens (tertiary/aromatic N) is 1. The van der Waals surface area contributed by atoms with Gasteiger partial charge in [-0.1, -0.05) is 30.3 Å². The highest BCUT2D eigenvalue weighted by molar-refractivity contribution is 8.14. The van der Waals surface area contributed by atoms with Crippen LogP contribution in [-0.2, 0) is 4.79 Å². The summed E-state index contributed by atoms with van der Waals surface area (Å²) in [4.78, 5) is 15.7. The Bertz CT molecular complexity index is 430. The van der Waals surface area contributed by atoms with Gasteiger partial charge in [0.1, 0.15) is 0 Å². The zero-order valence-electron chi connectivity index (χ0n) is 8.74. The highest BCUT2D eigenvalue weighted by Crippen LogP contribution is 2.23. The normalized spacial score (nSPS) is 23.2. The zero-order valence-corrected chi connectivity index (χ0v) is 10.3. The van der Waals surface area contributed by atoms with Crippen LogP contribution < -0.4 is 5.32 Å². The lowest BCUT2D eigenvalue weighted by molar-refractivity contribution is -0.119. The van der Waals surface area contributed by atoms with Crippen LogP contribution in [0.4, 0.5) is 5.69 Å². The molecule has 0 radical (unpaired) electrons. The summed E-state index contributed by atoms with van der Waals surface area (Å²) in [6.45, 7) is 2.01. The second-order valence-electron chi connectivity index (χ2n) is 3.57. The lowest BCUT2D eigenvalue weighted by Crippen LogP contribution is -2.36. The lowest BCUT2D eigenvalue weighted by atomic mass is 10.3. The molecule has 16 heavy (non-hydrogen) atoms. The number of halogens is 1. The Kier molecular flexibility index (Phi) is 3.51. The predicted molar refractivity (Wildman–Crippen MR) is 68.4 cm³/mol. The summed E-state index contributed by atoms with van der Waals surface area (Å²) in [6.07, 6.45) is 0.546. The summed E-state index contributed by atoms with van der Waals surface area (Å²) in [5.41, 5.74) is 0.793. The van der Waals surface area contributed by atoms with E-state index in [2.05, 4.69) is 10.3 Å². The van der Waals surface area contributed by atoms with E-state index < -0.39 is 0 Å². The molecule has 1 saturated heterocycles. The number of carbonyl (C=O) groups excluding carboxylic acids is 1. The minimum atomic E-state index is 0.0268. The molecule has 3 nitrogen and oxygen atoms in total. The molecule has 0 saturated carbocycles. The average Bonchev–Trinajstić information content (AvgIpc) is 2.20. The lowest BCUT2D eigenvalue weighted by Gasteiger charge is -2.19. The predicted octanol–water partition coefficient (Wildman–Crippen LogP) is 2.97. The largest absolute Gasteiger partial charge is 0.305 e. The van der Waals surface area contributed by atoms with Gasteiger partial charge >= 0.3 is 0 Å². The molecule has 1 fully saturated rings. The summed E-state index contributed by atoms with van der Waals surface area (Å²) >= 11 is 7.35. The van der Waals surface area contributed by atoms with E-state index in [1.807, 2.05) is 19.1 Å². The molecule has 0 aliphatic carbocycles. The first kappa shape index (κ1) is 11.5. The fraction of sp³-hybridized carbons (Fsp3) is 0.273. The first-order chi connectivity index (χ1) is 7.63. The molecular formula is C11H11ClN2OS. The van der Waals surface area contributed by atoms with Crippen LogP contribution in [0.5, 0.6) is 0 Å². The number of amides is 1. The van der Waals surface area contributed by atoms with Gasteiger partial charge in [0.05, 0.1) is 5.69 Å². The maximum Gasteiger partial charge on any atom is 0.227 e. The summed E-state index contributed by atoms with van der Waals surface area (Å²) in [7, 11) is 0. The average molecular weight is 255 g/mol. The van der Waals surface area contributed by atoms with Gasteiger partial charge in [-0.25, -0.2) is 4.99 Å². The smallest absolute Gasteiger partial charge is 0.227 e. The summed E-state index contributed by atoms with van der Waals surface area (Å²) in [5.74, 6) is 0.0268. The van der Waals surface area contributed by atoms with E-state index in [0.29, 0.717) is 16.6 Å². The van der Waals surface area contributed by atoms with Crippen molar-refractivity contribution < 1.29 is 4.79 Å². The number of aliphatic imine (C=N–C) groups is 1. The topological polar surface area (TPSA) is 41.5 Å². The molecule has 0 bridgehead atoms. The van der Waals surface area contributed by atoms with Gasteiger partial charge in [0, 0.05) is 16.7 Å². The van der Waals surface area contributed by atoms with Crippen LogP contribution in [0.25, 0.3) is 0 Å². The van der Waals surface area contributed by atoms with Gasteiger partial charge in [0.15, 0.2) is 5.17 Å². The van der Waals surface area contributed by atoms with E-state index in [1.165, 1.54) is 0 Å². The van der Waals surface area contributed by atoms with Crippen molar-refractivity contribution in [1.82, 2.24) is 5.32 Å². The first-order valence-electron chi connectivity index (χ1n) is 4.94. The highest BCUT2D eigenvalue weighted by atomic mass is 35.5. The summed E-state index contributed by atoms with van der Waals surface area (Å²) in [6, 6.07) is 7.20. The molecule has 1 aromatic carbocycles. The second kappa shape index (κ2) is 4.89. The molecule has 0 spiro atoms. The van der Waals surface area contributed by atoms with Crippen LogP contribution >= 0.6 is 23.4 Å². The Morgan fingerprint density at radius 3 is 2.75 bits per heavy atom. The third-order valence-electron chi connectivity index (χ3n) is 2.09. The van der Waals surface area contributed by atoms with Crippen LogP contribution in [0.3, 0.4) is 0 Å². The molecule has 1 aromatic rings. The SMILES string of the molecule is CC1CC(=O)NC(=Nc2ccc(Cl)cc2)S1. The molecule has 1 aliphatic heterocycles. The monoisotopic (exact) mass is 254 g/mol.